The third kappa shape index (κ3) is 6.36. The summed E-state index contributed by atoms with van der Waals surface area (Å²) in [5.41, 5.74) is 1.11. The molecular weight excluding hydrogens is 362 g/mol. The van der Waals surface area contributed by atoms with Gasteiger partial charge in [-0.1, -0.05) is 35.9 Å². The summed E-state index contributed by atoms with van der Waals surface area (Å²) < 4.78 is 54.1. The van der Waals surface area contributed by atoms with Gasteiger partial charge in [-0.3, -0.25) is 4.79 Å². The number of ether oxygens (including phenoxy) is 1. The summed E-state index contributed by atoms with van der Waals surface area (Å²) in [7, 11) is 0. The van der Waals surface area contributed by atoms with Gasteiger partial charge in [-0.25, -0.2) is 4.39 Å². The average Bonchev–Trinajstić information content (AvgIpc) is 2.55. The molecule has 134 valence electrons. The monoisotopic (exact) mass is 375 g/mol. The summed E-state index contributed by atoms with van der Waals surface area (Å²) in [6.07, 6.45) is -4.36. The largest absolute Gasteiger partial charge is 0.411 e. The molecular formula is C17H14ClF4NO2. The van der Waals surface area contributed by atoms with Crippen molar-refractivity contribution in [2.45, 2.75) is 19.3 Å². The van der Waals surface area contributed by atoms with Crippen molar-refractivity contribution in [1.29, 1.82) is 0 Å². The van der Waals surface area contributed by atoms with Crippen LogP contribution in [-0.4, -0.2) is 18.7 Å². The number of hydrogen-bond acceptors (Lipinski definition) is 2. The van der Waals surface area contributed by atoms with Gasteiger partial charge in [0.05, 0.1) is 12.2 Å². The van der Waals surface area contributed by atoms with Gasteiger partial charge in [-0.15, -0.1) is 0 Å². The number of carbonyl (C=O) groups is 1. The maximum Gasteiger partial charge on any atom is 0.411 e. The lowest BCUT2D eigenvalue weighted by molar-refractivity contribution is -0.176. The van der Waals surface area contributed by atoms with Crippen LogP contribution in [0, 0.1) is 5.82 Å². The highest BCUT2D eigenvalue weighted by Crippen LogP contribution is 2.16. The highest BCUT2D eigenvalue weighted by Gasteiger charge is 2.27. The molecule has 0 atom stereocenters. The maximum absolute atomic E-state index is 13.6. The molecule has 0 saturated heterocycles. The Morgan fingerprint density at radius 2 is 1.72 bits per heavy atom. The highest BCUT2D eigenvalue weighted by atomic mass is 35.5. The van der Waals surface area contributed by atoms with Crippen LogP contribution in [0.25, 0.3) is 0 Å². The van der Waals surface area contributed by atoms with Crippen LogP contribution in [0.1, 0.15) is 21.5 Å². The first-order valence-electron chi connectivity index (χ1n) is 7.20. The number of rotatable bonds is 6. The zero-order chi connectivity index (χ0) is 18.4. The molecule has 3 nitrogen and oxygen atoms in total. The minimum absolute atomic E-state index is 0.133. The van der Waals surface area contributed by atoms with Gasteiger partial charge >= 0.3 is 6.18 Å². The molecule has 0 saturated carbocycles. The van der Waals surface area contributed by atoms with Crippen molar-refractivity contribution in [2.75, 3.05) is 6.61 Å². The van der Waals surface area contributed by atoms with Gasteiger partial charge in [0.2, 0.25) is 0 Å². The summed E-state index contributed by atoms with van der Waals surface area (Å²) >= 11 is 5.74. The van der Waals surface area contributed by atoms with E-state index in [9.17, 15) is 22.4 Å². The maximum atomic E-state index is 13.6. The Labute approximate surface area is 146 Å². The smallest absolute Gasteiger partial charge is 0.367 e. The second-order valence-corrected chi connectivity index (χ2v) is 5.67. The van der Waals surface area contributed by atoms with E-state index in [0.29, 0.717) is 11.1 Å². The van der Waals surface area contributed by atoms with Crippen molar-refractivity contribution >= 4 is 17.5 Å². The van der Waals surface area contributed by atoms with Crippen LogP contribution >= 0.6 is 11.6 Å². The third-order valence-corrected chi connectivity index (χ3v) is 3.42. The van der Waals surface area contributed by atoms with Crippen molar-refractivity contribution in [3.8, 4) is 0 Å². The Balaban J connectivity index is 1.87. The fourth-order valence-corrected chi connectivity index (χ4v) is 2.16. The Hall–Kier alpha value is -2.12. The predicted octanol–water partition coefficient (Wildman–Crippen LogP) is 4.49. The van der Waals surface area contributed by atoms with Crippen LogP contribution in [-0.2, 0) is 17.9 Å². The first kappa shape index (κ1) is 19.2. The van der Waals surface area contributed by atoms with E-state index >= 15 is 0 Å². The number of carbonyl (C=O) groups excluding carboxylic acids is 1. The SMILES string of the molecule is O=C(NCc1ccc(COCC(F)(F)F)cc1)c1cc(Cl)ccc1F. The van der Waals surface area contributed by atoms with Crippen LogP contribution < -0.4 is 5.32 Å². The molecule has 1 amide bonds. The second kappa shape index (κ2) is 8.31. The Kier molecular flexibility index (Phi) is 6.39. The molecule has 0 aliphatic rings. The number of hydrogen-bond donors (Lipinski definition) is 1. The van der Waals surface area contributed by atoms with E-state index < -0.39 is 24.5 Å². The summed E-state index contributed by atoms with van der Waals surface area (Å²) in [6.45, 7) is -1.34. The molecule has 0 radical (unpaired) electrons. The van der Waals surface area contributed by atoms with Crippen molar-refractivity contribution in [3.05, 3.63) is 70.0 Å². The van der Waals surface area contributed by atoms with Crippen LogP contribution in [0.3, 0.4) is 0 Å². The Morgan fingerprint density at radius 3 is 2.36 bits per heavy atom. The molecule has 0 aliphatic heterocycles. The Morgan fingerprint density at radius 1 is 1.08 bits per heavy atom. The van der Waals surface area contributed by atoms with Crippen molar-refractivity contribution in [2.24, 2.45) is 0 Å². The molecule has 2 aromatic carbocycles. The number of nitrogens with one attached hydrogen (secondary N) is 1. The van der Waals surface area contributed by atoms with Crippen LogP contribution in [0.4, 0.5) is 17.6 Å². The number of halogens is 5. The van der Waals surface area contributed by atoms with E-state index in [0.717, 1.165) is 6.07 Å². The highest BCUT2D eigenvalue weighted by molar-refractivity contribution is 6.31. The fourth-order valence-electron chi connectivity index (χ4n) is 1.99. The molecule has 25 heavy (non-hydrogen) atoms. The van der Waals surface area contributed by atoms with Gasteiger partial charge in [0, 0.05) is 11.6 Å². The van der Waals surface area contributed by atoms with E-state index in [1.165, 1.54) is 12.1 Å². The summed E-state index contributed by atoms with van der Waals surface area (Å²) in [4.78, 5) is 12.0. The zero-order valence-corrected chi connectivity index (χ0v) is 13.6. The first-order chi connectivity index (χ1) is 11.7. The van der Waals surface area contributed by atoms with E-state index in [-0.39, 0.29) is 23.7 Å². The van der Waals surface area contributed by atoms with Crippen LogP contribution in [0.2, 0.25) is 5.02 Å². The van der Waals surface area contributed by atoms with E-state index in [1.54, 1.807) is 24.3 Å². The fraction of sp³-hybridized carbons (Fsp3) is 0.235. The molecule has 0 unspecified atom stereocenters. The minimum atomic E-state index is -4.36. The minimum Gasteiger partial charge on any atom is -0.367 e. The lowest BCUT2D eigenvalue weighted by Gasteiger charge is -2.09. The van der Waals surface area contributed by atoms with Gasteiger partial charge in [0.15, 0.2) is 0 Å². The molecule has 0 aliphatic carbocycles. The summed E-state index contributed by atoms with van der Waals surface area (Å²) in [6, 6.07) is 10.1. The van der Waals surface area contributed by atoms with Crippen molar-refractivity contribution < 1.29 is 27.1 Å². The Bertz CT molecular complexity index is 732. The van der Waals surface area contributed by atoms with Gasteiger partial charge in [0.25, 0.3) is 5.91 Å². The molecule has 2 aromatic rings. The van der Waals surface area contributed by atoms with E-state index in [1.807, 2.05) is 0 Å². The molecule has 0 fully saturated rings. The first-order valence-corrected chi connectivity index (χ1v) is 7.58. The number of alkyl halides is 3. The molecule has 2 rings (SSSR count). The van der Waals surface area contributed by atoms with Gasteiger partial charge in [-0.05, 0) is 29.3 Å². The van der Waals surface area contributed by atoms with E-state index in [4.69, 9.17) is 11.6 Å². The number of benzene rings is 2. The standard InChI is InChI=1S/C17H14ClF4NO2/c18-13-5-6-15(19)14(7-13)16(24)23-8-11-1-3-12(4-2-11)9-25-10-17(20,21)22/h1-7H,8-10H2,(H,23,24). The molecule has 0 spiro atoms. The molecule has 1 N–H and O–H groups in total. The second-order valence-electron chi connectivity index (χ2n) is 5.23. The van der Waals surface area contributed by atoms with Crippen LogP contribution in [0.5, 0.6) is 0 Å². The van der Waals surface area contributed by atoms with Gasteiger partial charge in [-0.2, -0.15) is 13.2 Å². The molecule has 0 heterocycles. The van der Waals surface area contributed by atoms with Crippen molar-refractivity contribution in [1.82, 2.24) is 5.32 Å². The lowest BCUT2D eigenvalue weighted by Crippen LogP contribution is -2.23. The van der Waals surface area contributed by atoms with Gasteiger partial charge in [0.1, 0.15) is 12.4 Å². The molecule has 8 heteroatoms. The third-order valence-electron chi connectivity index (χ3n) is 3.18. The van der Waals surface area contributed by atoms with Crippen LogP contribution in [0.15, 0.2) is 42.5 Å². The van der Waals surface area contributed by atoms with Crippen molar-refractivity contribution in [3.63, 3.8) is 0 Å². The summed E-state index contributed by atoms with van der Waals surface area (Å²) in [5.74, 6) is -1.29. The zero-order valence-electron chi connectivity index (χ0n) is 12.9. The average molecular weight is 376 g/mol. The normalized spacial score (nSPS) is 11.4. The molecule has 0 aromatic heterocycles. The number of amides is 1. The topological polar surface area (TPSA) is 38.3 Å². The summed E-state index contributed by atoms with van der Waals surface area (Å²) in [5, 5.41) is 2.79. The lowest BCUT2D eigenvalue weighted by atomic mass is 10.1. The van der Waals surface area contributed by atoms with E-state index in [2.05, 4.69) is 10.1 Å². The quantitative estimate of drug-likeness (QED) is 0.756. The molecule has 0 bridgehead atoms. The van der Waals surface area contributed by atoms with Gasteiger partial charge < -0.3 is 10.1 Å². The predicted molar refractivity (Wildman–Crippen MR) is 84.7 cm³/mol.